The van der Waals surface area contributed by atoms with E-state index < -0.39 is 6.10 Å². The lowest BCUT2D eigenvalue weighted by atomic mass is 10.0. The Kier molecular flexibility index (Phi) is 9.26. The van der Waals surface area contributed by atoms with Crippen molar-refractivity contribution in [3.05, 3.63) is 41.3 Å². The molecule has 216 valence electrons. The van der Waals surface area contributed by atoms with E-state index in [-0.39, 0.29) is 18.7 Å². The number of rotatable bonds is 9. The van der Waals surface area contributed by atoms with Gasteiger partial charge in [0.1, 0.15) is 30.0 Å². The summed E-state index contributed by atoms with van der Waals surface area (Å²) < 4.78 is 11.4. The maximum absolute atomic E-state index is 12.7. The van der Waals surface area contributed by atoms with Crippen LogP contribution in [0.15, 0.2) is 28.8 Å². The molecule has 4 rings (SSSR count). The number of aliphatic hydroxyl groups excluding tert-OH is 1. The number of hydrogen-bond acceptors (Lipinski definition) is 9. The molecule has 1 aliphatic rings. The number of nitrogens with zero attached hydrogens (tertiary/aromatic N) is 6. The van der Waals surface area contributed by atoms with Crippen molar-refractivity contribution < 1.29 is 19.2 Å². The molecule has 0 saturated carbocycles. The molecule has 1 aliphatic heterocycles. The molecule has 1 aromatic carbocycles. The predicted molar refractivity (Wildman–Crippen MR) is 155 cm³/mol. The number of nitrogens with one attached hydrogen (secondary N) is 1. The van der Waals surface area contributed by atoms with Crippen LogP contribution < -0.4 is 15.0 Å². The molecule has 2 amide bonds. The lowest BCUT2D eigenvalue weighted by Crippen LogP contribution is -2.51. The number of likely N-dealkylation sites (N-methyl/N-ethyl adjacent to an activating group) is 2. The third-order valence-electron chi connectivity index (χ3n) is 7.29. The van der Waals surface area contributed by atoms with Crippen LogP contribution in [0, 0.1) is 20.8 Å². The number of carbonyl (C=O) groups excluding carboxylic acids is 1. The van der Waals surface area contributed by atoms with Crippen molar-refractivity contribution in [1.82, 2.24) is 30.2 Å². The van der Waals surface area contributed by atoms with Gasteiger partial charge in [0.2, 0.25) is 0 Å². The minimum atomic E-state index is -0.619. The zero-order chi connectivity index (χ0) is 29.0. The Morgan fingerprint density at radius 3 is 2.70 bits per heavy atom. The highest BCUT2D eigenvalue weighted by Crippen LogP contribution is 2.36. The number of aliphatic hydroxyl groups is 1. The van der Waals surface area contributed by atoms with Crippen molar-refractivity contribution in [2.75, 3.05) is 59.3 Å². The molecule has 2 atom stereocenters. The van der Waals surface area contributed by atoms with E-state index in [4.69, 9.17) is 19.2 Å². The van der Waals surface area contributed by atoms with Crippen molar-refractivity contribution in [3.63, 3.8) is 0 Å². The smallest absolute Gasteiger partial charge is 0.319 e. The number of amides is 2. The second-order valence-corrected chi connectivity index (χ2v) is 10.6. The zero-order valence-electron chi connectivity index (χ0n) is 24.6. The highest BCUT2D eigenvalue weighted by molar-refractivity contribution is 5.76. The SMILES string of the molecule is CNCC(O)COc1cccc(-c2nc(-c3c(C)noc3C)c(C)c(N3CCC[C@@H](N(C)C(=O)N(C)C)C3)n2)c1. The summed E-state index contributed by atoms with van der Waals surface area (Å²) in [5.74, 6) is 2.70. The third kappa shape index (κ3) is 6.37. The monoisotopic (exact) mass is 551 g/mol. The van der Waals surface area contributed by atoms with Gasteiger partial charge in [-0.05, 0) is 52.8 Å². The molecule has 0 spiro atoms. The van der Waals surface area contributed by atoms with Crippen LogP contribution in [0.1, 0.15) is 29.9 Å². The summed E-state index contributed by atoms with van der Waals surface area (Å²) in [4.78, 5) is 28.5. The molecule has 1 saturated heterocycles. The van der Waals surface area contributed by atoms with Crippen LogP contribution in [0.2, 0.25) is 0 Å². The summed E-state index contributed by atoms with van der Waals surface area (Å²) in [7, 11) is 7.20. The van der Waals surface area contributed by atoms with Crippen LogP contribution in [0.3, 0.4) is 0 Å². The van der Waals surface area contributed by atoms with Crippen molar-refractivity contribution in [2.45, 2.75) is 45.8 Å². The van der Waals surface area contributed by atoms with E-state index in [0.29, 0.717) is 30.4 Å². The molecule has 11 heteroatoms. The first-order valence-electron chi connectivity index (χ1n) is 13.7. The highest BCUT2D eigenvalue weighted by atomic mass is 16.5. The van der Waals surface area contributed by atoms with Gasteiger partial charge in [0.05, 0.1) is 23.0 Å². The number of carbonyl (C=O) groups is 1. The number of urea groups is 1. The summed E-state index contributed by atoms with van der Waals surface area (Å²) in [6.07, 6.45) is 1.25. The summed E-state index contributed by atoms with van der Waals surface area (Å²) in [5, 5.41) is 17.2. The third-order valence-corrected chi connectivity index (χ3v) is 7.29. The Labute approximate surface area is 236 Å². The maximum atomic E-state index is 12.7. The first-order valence-corrected chi connectivity index (χ1v) is 13.7. The second kappa shape index (κ2) is 12.6. The van der Waals surface area contributed by atoms with Gasteiger partial charge < -0.3 is 34.4 Å². The number of aryl methyl sites for hydroxylation is 2. The van der Waals surface area contributed by atoms with Gasteiger partial charge in [-0.1, -0.05) is 17.3 Å². The number of benzene rings is 1. The fourth-order valence-corrected chi connectivity index (χ4v) is 5.15. The molecule has 0 aliphatic carbocycles. The number of piperidine rings is 1. The lowest BCUT2D eigenvalue weighted by Gasteiger charge is -2.39. The van der Waals surface area contributed by atoms with Crippen LogP contribution in [0.4, 0.5) is 10.6 Å². The molecule has 11 nitrogen and oxygen atoms in total. The Balaban J connectivity index is 1.74. The van der Waals surface area contributed by atoms with Gasteiger partial charge in [-0.25, -0.2) is 14.8 Å². The van der Waals surface area contributed by atoms with Crippen LogP contribution in [0.5, 0.6) is 5.75 Å². The van der Waals surface area contributed by atoms with Crippen LogP contribution in [-0.2, 0) is 0 Å². The molecular weight excluding hydrogens is 510 g/mol. The number of aromatic nitrogens is 3. The van der Waals surface area contributed by atoms with Gasteiger partial charge >= 0.3 is 6.03 Å². The summed E-state index contributed by atoms with van der Waals surface area (Å²) in [6.45, 7) is 7.93. The molecule has 40 heavy (non-hydrogen) atoms. The van der Waals surface area contributed by atoms with E-state index in [1.165, 1.54) is 0 Å². The fraction of sp³-hybridized carbons (Fsp3) is 0.517. The zero-order valence-corrected chi connectivity index (χ0v) is 24.6. The first kappa shape index (κ1) is 29.3. The average Bonchev–Trinajstić information content (AvgIpc) is 3.28. The summed E-state index contributed by atoms with van der Waals surface area (Å²) >= 11 is 0. The van der Waals surface area contributed by atoms with Crippen LogP contribution in [0.25, 0.3) is 22.6 Å². The van der Waals surface area contributed by atoms with Crippen molar-refractivity contribution in [2.24, 2.45) is 0 Å². The molecular formula is C29H41N7O4. The van der Waals surface area contributed by atoms with E-state index in [1.807, 2.05) is 57.0 Å². The molecule has 3 aromatic rings. The van der Waals surface area contributed by atoms with Gasteiger partial charge in [0.15, 0.2) is 5.82 Å². The molecule has 1 unspecified atom stereocenters. The minimum absolute atomic E-state index is 0.0139. The fourth-order valence-electron chi connectivity index (χ4n) is 5.15. The van der Waals surface area contributed by atoms with Crippen LogP contribution in [-0.4, -0.2) is 103 Å². The number of anilines is 1. The second-order valence-electron chi connectivity index (χ2n) is 10.6. The largest absolute Gasteiger partial charge is 0.491 e. The topological polar surface area (TPSA) is 120 Å². The predicted octanol–water partition coefficient (Wildman–Crippen LogP) is 3.27. The summed E-state index contributed by atoms with van der Waals surface area (Å²) in [5.41, 5.74) is 4.12. The number of hydrogen-bond donors (Lipinski definition) is 2. The average molecular weight is 552 g/mol. The van der Waals surface area contributed by atoms with Gasteiger partial charge in [0, 0.05) is 51.9 Å². The molecule has 3 heterocycles. The first-order chi connectivity index (χ1) is 19.1. The quantitative estimate of drug-likeness (QED) is 0.413. The number of ether oxygens (including phenoxy) is 1. The molecule has 2 aromatic heterocycles. The van der Waals surface area contributed by atoms with Crippen molar-refractivity contribution >= 4 is 11.8 Å². The van der Waals surface area contributed by atoms with Gasteiger partial charge in [0.25, 0.3) is 0 Å². The molecule has 1 fully saturated rings. The Hall–Kier alpha value is -3.70. The molecule has 2 N–H and O–H groups in total. The Morgan fingerprint density at radius 2 is 2.02 bits per heavy atom. The summed E-state index contributed by atoms with van der Waals surface area (Å²) in [6, 6.07) is 7.63. The van der Waals surface area contributed by atoms with Gasteiger partial charge in [-0.2, -0.15) is 0 Å². The van der Waals surface area contributed by atoms with Crippen molar-refractivity contribution in [1.29, 1.82) is 0 Å². The highest BCUT2D eigenvalue weighted by Gasteiger charge is 2.30. The van der Waals surface area contributed by atoms with Gasteiger partial charge in [-0.3, -0.25) is 0 Å². The molecule has 0 radical (unpaired) electrons. The standard InChI is InChI=1S/C29H41N7O4/c1-18-26(25-19(2)33-40-20(25)3)31-27(21-10-8-12-24(14-21)39-17-23(37)15-30-4)32-28(18)36-13-9-11-22(16-36)35(7)29(38)34(5)6/h8,10,12,14,22-23,30,37H,9,11,13,15-17H2,1-7H3/t22-,23?/m1/s1. The Morgan fingerprint density at radius 1 is 1.25 bits per heavy atom. The molecule has 0 bridgehead atoms. The normalized spacial score (nSPS) is 16.1. The van der Waals surface area contributed by atoms with Gasteiger partial charge in [-0.15, -0.1) is 0 Å². The van der Waals surface area contributed by atoms with Crippen molar-refractivity contribution in [3.8, 4) is 28.4 Å². The maximum Gasteiger partial charge on any atom is 0.319 e. The van der Waals surface area contributed by atoms with E-state index >= 15 is 0 Å². The van der Waals surface area contributed by atoms with E-state index in [1.54, 1.807) is 26.0 Å². The minimum Gasteiger partial charge on any atom is -0.491 e. The van der Waals surface area contributed by atoms with E-state index in [2.05, 4.69) is 15.4 Å². The Bertz CT molecular complexity index is 1310. The van der Waals surface area contributed by atoms with E-state index in [0.717, 1.165) is 53.3 Å². The van der Waals surface area contributed by atoms with E-state index in [9.17, 15) is 9.90 Å². The lowest BCUT2D eigenvalue weighted by molar-refractivity contribution is 0.108. The van der Waals surface area contributed by atoms with Crippen LogP contribution >= 0.6 is 0 Å².